The quantitative estimate of drug-likeness (QED) is 0.476. The molecule has 32 heavy (non-hydrogen) atoms. The van der Waals surface area contributed by atoms with E-state index in [4.69, 9.17) is 16.3 Å². The summed E-state index contributed by atoms with van der Waals surface area (Å²) < 4.78 is 7.00. The number of carbonyl (C=O) groups is 1. The Morgan fingerprint density at radius 3 is 2.62 bits per heavy atom. The molecular weight excluding hydrogens is 428 g/mol. The number of piperazine rings is 1. The zero-order valence-electron chi connectivity index (χ0n) is 17.5. The van der Waals surface area contributed by atoms with E-state index in [0.717, 1.165) is 16.9 Å². The molecule has 8 nitrogen and oxygen atoms in total. The van der Waals surface area contributed by atoms with E-state index in [9.17, 15) is 4.79 Å². The van der Waals surface area contributed by atoms with Gasteiger partial charge in [0.15, 0.2) is 5.65 Å². The normalized spacial score (nSPS) is 14.1. The molecule has 0 aliphatic carbocycles. The van der Waals surface area contributed by atoms with Crippen molar-refractivity contribution in [2.45, 2.75) is 0 Å². The molecule has 3 heterocycles. The molecule has 1 aliphatic heterocycles. The molecule has 2 aromatic carbocycles. The summed E-state index contributed by atoms with van der Waals surface area (Å²) in [6, 6.07) is 14.7. The van der Waals surface area contributed by atoms with Gasteiger partial charge in [0.1, 0.15) is 17.9 Å². The fourth-order valence-corrected chi connectivity index (χ4v) is 4.13. The highest BCUT2D eigenvalue weighted by Crippen LogP contribution is 2.26. The highest BCUT2D eigenvalue weighted by molar-refractivity contribution is 6.30. The third kappa shape index (κ3) is 3.73. The Bertz CT molecular complexity index is 1280. The summed E-state index contributed by atoms with van der Waals surface area (Å²) in [4.78, 5) is 25.9. The van der Waals surface area contributed by atoms with Crippen LogP contribution in [0.5, 0.6) is 5.75 Å². The summed E-state index contributed by atoms with van der Waals surface area (Å²) in [5.74, 6) is 1.50. The van der Waals surface area contributed by atoms with Gasteiger partial charge in [-0.25, -0.2) is 14.6 Å². The zero-order valence-corrected chi connectivity index (χ0v) is 18.2. The Morgan fingerprint density at radius 1 is 1.03 bits per heavy atom. The topological polar surface area (TPSA) is 76.4 Å². The average molecular weight is 449 g/mol. The van der Waals surface area contributed by atoms with Gasteiger partial charge >= 0.3 is 0 Å². The Morgan fingerprint density at radius 2 is 1.84 bits per heavy atom. The van der Waals surface area contributed by atoms with Crippen molar-refractivity contribution in [1.29, 1.82) is 0 Å². The predicted octanol–water partition coefficient (Wildman–Crippen LogP) is 3.44. The number of fused-ring (bicyclic) bond motifs is 1. The van der Waals surface area contributed by atoms with E-state index in [0.29, 0.717) is 48.2 Å². The van der Waals surface area contributed by atoms with Crippen molar-refractivity contribution < 1.29 is 9.53 Å². The van der Waals surface area contributed by atoms with E-state index in [1.165, 1.54) is 0 Å². The number of halogens is 1. The summed E-state index contributed by atoms with van der Waals surface area (Å²) in [5.41, 5.74) is 2.18. The van der Waals surface area contributed by atoms with Gasteiger partial charge in [-0.05, 0) is 36.4 Å². The van der Waals surface area contributed by atoms with Crippen LogP contribution in [0.3, 0.4) is 0 Å². The molecule has 0 spiro atoms. The van der Waals surface area contributed by atoms with Crippen molar-refractivity contribution in [3.63, 3.8) is 0 Å². The third-order valence-electron chi connectivity index (χ3n) is 5.58. The largest absolute Gasteiger partial charge is 0.497 e. The molecule has 0 atom stereocenters. The molecule has 0 unspecified atom stereocenters. The molecule has 1 aliphatic rings. The second-order valence-electron chi connectivity index (χ2n) is 7.48. The molecule has 162 valence electrons. The van der Waals surface area contributed by atoms with Gasteiger partial charge in [-0.1, -0.05) is 23.7 Å². The monoisotopic (exact) mass is 448 g/mol. The maximum absolute atomic E-state index is 12.9. The van der Waals surface area contributed by atoms with Gasteiger partial charge in [-0.15, -0.1) is 0 Å². The van der Waals surface area contributed by atoms with E-state index >= 15 is 0 Å². The molecule has 4 aromatic rings. The van der Waals surface area contributed by atoms with E-state index in [1.54, 1.807) is 30.4 Å². The summed E-state index contributed by atoms with van der Waals surface area (Å²) in [5, 5.41) is 6.01. The van der Waals surface area contributed by atoms with Gasteiger partial charge in [0.05, 0.1) is 24.4 Å². The van der Waals surface area contributed by atoms with Gasteiger partial charge in [0.2, 0.25) is 0 Å². The highest BCUT2D eigenvalue weighted by atomic mass is 35.5. The molecule has 0 N–H and O–H groups in total. The number of rotatable bonds is 4. The van der Waals surface area contributed by atoms with Crippen molar-refractivity contribution >= 4 is 34.4 Å². The van der Waals surface area contributed by atoms with E-state index < -0.39 is 0 Å². The number of anilines is 1. The van der Waals surface area contributed by atoms with Crippen LogP contribution in [0.4, 0.5) is 5.82 Å². The van der Waals surface area contributed by atoms with Crippen LogP contribution in [0.25, 0.3) is 16.7 Å². The lowest BCUT2D eigenvalue weighted by molar-refractivity contribution is 0.0746. The van der Waals surface area contributed by atoms with E-state index in [1.807, 2.05) is 47.4 Å². The number of nitrogens with zero attached hydrogens (tertiary/aromatic N) is 6. The van der Waals surface area contributed by atoms with Crippen LogP contribution in [0.1, 0.15) is 10.4 Å². The Labute approximate surface area is 190 Å². The first-order chi connectivity index (χ1) is 15.6. The van der Waals surface area contributed by atoms with Crippen molar-refractivity contribution in [2.24, 2.45) is 0 Å². The average Bonchev–Trinajstić information content (AvgIpc) is 3.28. The molecule has 5 rings (SSSR count). The molecular formula is C23H21ClN6O2. The lowest BCUT2D eigenvalue weighted by Gasteiger charge is -2.35. The smallest absolute Gasteiger partial charge is 0.254 e. The number of hydrogen-bond donors (Lipinski definition) is 0. The fourth-order valence-electron chi connectivity index (χ4n) is 3.94. The molecule has 1 fully saturated rings. The number of methoxy groups -OCH3 is 1. The highest BCUT2D eigenvalue weighted by Gasteiger charge is 2.25. The Kier molecular flexibility index (Phi) is 5.36. The third-order valence-corrected chi connectivity index (χ3v) is 5.82. The fraction of sp³-hybridized carbons (Fsp3) is 0.217. The second kappa shape index (κ2) is 8.47. The van der Waals surface area contributed by atoms with Crippen LogP contribution in [0, 0.1) is 0 Å². The van der Waals surface area contributed by atoms with Gasteiger partial charge < -0.3 is 14.5 Å². The van der Waals surface area contributed by atoms with Crippen LogP contribution < -0.4 is 9.64 Å². The lowest BCUT2D eigenvalue weighted by Crippen LogP contribution is -2.49. The zero-order chi connectivity index (χ0) is 22.1. The number of benzene rings is 2. The SMILES string of the molecule is COc1cccc(C(=O)N2CCN(c3ncnc4c3cnn4-c3cccc(Cl)c3)CC2)c1. The van der Waals surface area contributed by atoms with E-state index in [2.05, 4.69) is 20.0 Å². The molecule has 2 aromatic heterocycles. The van der Waals surface area contributed by atoms with Crippen molar-refractivity contribution in [1.82, 2.24) is 24.6 Å². The first kappa shape index (κ1) is 20.3. The maximum Gasteiger partial charge on any atom is 0.254 e. The van der Waals surface area contributed by atoms with Crippen molar-refractivity contribution in [3.05, 3.63) is 71.6 Å². The lowest BCUT2D eigenvalue weighted by atomic mass is 10.1. The summed E-state index contributed by atoms with van der Waals surface area (Å²) >= 11 is 6.15. The second-order valence-corrected chi connectivity index (χ2v) is 7.92. The first-order valence-corrected chi connectivity index (χ1v) is 10.6. The van der Waals surface area contributed by atoms with Crippen LogP contribution >= 0.6 is 11.6 Å². The van der Waals surface area contributed by atoms with Gasteiger partial charge in [-0.2, -0.15) is 5.10 Å². The van der Waals surface area contributed by atoms with Crippen LogP contribution in [-0.2, 0) is 0 Å². The van der Waals surface area contributed by atoms with Gasteiger partial charge in [-0.3, -0.25) is 4.79 Å². The first-order valence-electron chi connectivity index (χ1n) is 10.3. The van der Waals surface area contributed by atoms with E-state index in [-0.39, 0.29) is 5.91 Å². The number of hydrogen-bond acceptors (Lipinski definition) is 6. The predicted molar refractivity (Wildman–Crippen MR) is 123 cm³/mol. The minimum atomic E-state index is 0.00478. The maximum atomic E-state index is 12.9. The minimum Gasteiger partial charge on any atom is -0.497 e. The van der Waals surface area contributed by atoms with Crippen molar-refractivity contribution in [3.8, 4) is 11.4 Å². The number of ether oxygens (including phenoxy) is 1. The van der Waals surface area contributed by atoms with Crippen LogP contribution in [0.2, 0.25) is 5.02 Å². The molecule has 1 amide bonds. The Balaban J connectivity index is 1.36. The number of amides is 1. The van der Waals surface area contributed by atoms with Crippen LogP contribution in [0.15, 0.2) is 61.1 Å². The summed E-state index contributed by atoms with van der Waals surface area (Å²) in [6.45, 7) is 2.54. The molecule has 0 bridgehead atoms. The van der Waals surface area contributed by atoms with Crippen molar-refractivity contribution in [2.75, 3.05) is 38.2 Å². The Hall–Kier alpha value is -3.65. The molecule has 1 saturated heterocycles. The summed E-state index contributed by atoms with van der Waals surface area (Å²) in [7, 11) is 1.60. The number of carbonyl (C=O) groups excluding carboxylic acids is 1. The summed E-state index contributed by atoms with van der Waals surface area (Å²) in [6.07, 6.45) is 3.33. The molecule has 9 heteroatoms. The standard InChI is InChI=1S/C23H21ClN6O2/c1-32-19-7-2-4-16(12-19)23(31)29-10-8-28(9-11-29)21-20-14-27-30(22(20)26-15-25-21)18-6-3-5-17(24)13-18/h2-7,12-15H,8-11H2,1H3. The number of aromatic nitrogens is 4. The van der Waals surface area contributed by atoms with Crippen LogP contribution in [-0.4, -0.2) is 63.8 Å². The van der Waals surface area contributed by atoms with Gasteiger partial charge in [0, 0.05) is 36.8 Å². The van der Waals surface area contributed by atoms with Gasteiger partial charge in [0.25, 0.3) is 5.91 Å². The molecule has 0 radical (unpaired) electrons. The minimum absolute atomic E-state index is 0.00478. The molecule has 0 saturated carbocycles.